The predicted molar refractivity (Wildman–Crippen MR) is 77.3 cm³/mol. The minimum Gasteiger partial charge on any atom is -0.399 e. The third kappa shape index (κ3) is 2.74. The van der Waals surface area contributed by atoms with Gasteiger partial charge in [-0.15, -0.1) is 0 Å². The molecule has 2 rings (SSSR count). The Kier molecular flexibility index (Phi) is 3.56. The van der Waals surface area contributed by atoms with Crippen molar-refractivity contribution in [2.75, 3.05) is 5.73 Å². The van der Waals surface area contributed by atoms with Gasteiger partial charge in [0.05, 0.1) is 0 Å². The molecule has 1 atom stereocenters. The number of aromatic amines is 1. The first-order chi connectivity index (χ1) is 8.81. The van der Waals surface area contributed by atoms with Crippen LogP contribution in [0.2, 0.25) is 0 Å². The lowest BCUT2D eigenvalue weighted by Gasteiger charge is -2.17. The van der Waals surface area contributed by atoms with Crippen molar-refractivity contribution in [1.82, 2.24) is 9.71 Å². The van der Waals surface area contributed by atoms with E-state index in [4.69, 9.17) is 5.73 Å². The van der Waals surface area contributed by atoms with Crippen molar-refractivity contribution < 1.29 is 8.42 Å². The van der Waals surface area contributed by atoms with Gasteiger partial charge in [0.1, 0.15) is 4.90 Å². The molecule has 0 saturated heterocycles. The van der Waals surface area contributed by atoms with Crippen LogP contribution in [0.1, 0.15) is 20.8 Å². The molecule has 1 heterocycles. The fraction of sp³-hybridized carbons (Fsp3) is 0.385. The Bertz CT molecular complexity index is 689. The molecular weight excluding hydrogens is 262 g/mol. The van der Waals surface area contributed by atoms with Crippen molar-refractivity contribution in [2.24, 2.45) is 5.92 Å². The van der Waals surface area contributed by atoms with Crippen molar-refractivity contribution in [3.8, 4) is 0 Å². The molecule has 6 heteroatoms. The molecule has 0 amide bonds. The molecule has 1 aromatic heterocycles. The summed E-state index contributed by atoms with van der Waals surface area (Å²) in [6.07, 6.45) is 1.50. The number of nitrogens with two attached hydrogens (primary N) is 1. The highest BCUT2D eigenvalue weighted by Crippen LogP contribution is 2.24. The van der Waals surface area contributed by atoms with Gasteiger partial charge in [0.15, 0.2) is 0 Å². The number of aromatic nitrogens is 1. The van der Waals surface area contributed by atoms with Crippen molar-refractivity contribution >= 4 is 26.6 Å². The van der Waals surface area contributed by atoms with Crippen molar-refractivity contribution in [3.05, 3.63) is 24.4 Å². The van der Waals surface area contributed by atoms with Gasteiger partial charge in [-0.3, -0.25) is 0 Å². The van der Waals surface area contributed by atoms with Gasteiger partial charge in [0.25, 0.3) is 0 Å². The molecule has 0 bridgehead atoms. The zero-order chi connectivity index (χ0) is 14.2. The molecule has 0 radical (unpaired) electrons. The second-order valence-corrected chi connectivity index (χ2v) is 6.79. The van der Waals surface area contributed by atoms with Crippen LogP contribution in [0.25, 0.3) is 10.9 Å². The highest BCUT2D eigenvalue weighted by molar-refractivity contribution is 7.89. The van der Waals surface area contributed by atoms with Gasteiger partial charge in [-0.05, 0) is 31.0 Å². The lowest BCUT2D eigenvalue weighted by molar-refractivity contribution is 0.477. The van der Waals surface area contributed by atoms with Gasteiger partial charge < -0.3 is 10.7 Å². The summed E-state index contributed by atoms with van der Waals surface area (Å²) in [4.78, 5) is 3.20. The van der Waals surface area contributed by atoms with E-state index in [0.717, 1.165) is 5.52 Å². The average Bonchev–Trinajstić information content (AvgIpc) is 2.71. The van der Waals surface area contributed by atoms with E-state index in [0.29, 0.717) is 11.1 Å². The minimum absolute atomic E-state index is 0.122. The van der Waals surface area contributed by atoms with Crippen LogP contribution in [0.15, 0.2) is 29.3 Å². The van der Waals surface area contributed by atoms with E-state index in [2.05, 4.69) is 9.71 Å². The smallest absolute Gasteiger partial charge is 0.242 e. The molecule has 0 spiro atoms. The summed E-state index contributed by atoms with van der Waals surface area (Å²) < 4.78 is 27.4. The van der Waals surface area contributed by atoms with Crippen LogP contribution in [0.3, 0.4) is 0 Å². The zero-order valence-corrected chi connectivity index (χ0v) is 12.1. The van der Waals surface area contributed by atoms with Gasteiger partial charge in [0, 0.05) is 28.8 Å². The number of hydrogen-bond acceptors (Lipinski definition) is 3. The van der Waals surface area contributed by atoms with Gasteiger partial charge in [0.2, 0.25) is 10.0 Å². The molecule has 1 unspecified atom stereocenters. The molecule has 2 aromatic rings. The SMILES string of the molecule is CC(C)C(C)NS(=O)(=O)c1c[nH]c2cc(N)ccc12. The number of hydrogen-bond donors (Lipinski definition) is 3. The molecule has 0 aliphatic carbocycles. The Balaban J connectivity index is 2.44. The fourth-order valence-electron chi connectivity index (χ4n) is 1.78. The lowest BCUT2D eigenvalue weighted by Crippen LogP contribution is -2.35. The standard InChI is InChI=1S/C13H19N3O2S/c1-8(2)9(3)16-19(17,18)13-7-15-12-6-10(14)4-5-11(12)13/h4-9,15-16H,14H2,1-3H3. The van der Waals surface area contributed by atoms with Crippen LogP contribution in [0, 0.1) is 5.92 Å². The molecule has 0 aliphatic heterocycles. The van der Waals surface area contributed by atoms with Crippen LogP contribution >= 0.6 is 0 Å². The molecule has 5 nitrogen and oxygen atoms in total. The Hall–Kier alpha value is -1.53. The molecular formula is C13H19N3O2S. The summed E-state index contributed by atoms with van der Waals surface area (Å²) in [5.74, 6) is 0.232. The van der Waals surface area contributed by atoms with Crippen LogP contribution in [0.4, 0.5) is 5.69 Å². The average molecular weight is 281 g/mol. The molecule has 0 aliphatic rings. The van der Waals surface area contributed by atoms with Crippen LogP contribution in [-0.2, 0) is 10.0 Å². The Labute approximate surface area is 113 Å². The van der Waals surface area contributed by atoms with Crippen LogP contribution < -0.4 is 10.5 Å². The molecule has 4 N–H and O–H groups in total. The summed E-state index contributed by atoms with van der Waals surface area (Å²) in [6, 6.07) is 5.01. The van der Waals surface area contributed by atoms with E-state index in [-0.39, 0.29) is 16.9 Å². The zero-order valence-electron chi connectivity index (χ0n) is 11.3. The normalized spacial score (nSPS) is 14.1. The van der Waals surface area contributed by atoms with Crippen molar-refractivity contribution in [2.45, 2.75) is 31.7 Å². The van der Waals surface area contributed by atoms with Crippen LogP contribution in [0.5, 0.6) is 0 Å². The second-order valence-electron chi connectivity index (χ2n) is 5.11. The summed E-state index contributed by atoms with van der Waals surface area (Å²) in [5.41, 5.74) is 7.00. The molecule has 104 valence electrons. The van der Waals surface area contributed by atoms with E-state index in [1.54, 1.807) is 18.2 Å². The maximum absolute atomic E-state index is 12.3. The van der Waals surface area contributed by atoms with Gasteiger partial charge >= 0.3 is 0 Å². The number of fused-ring (bicyclic) bond motifs is 1. The minimum atomic E-state index is -3.52. The van der Waals surface area contributed by atoms with Gasteiger partial charge in [-0.1, -0.05) is 13.8 Å². The number of H-pyrrole nitrogens is 1. The number of benzene rings is 1. The monoisotopic (exact) mass is 281 g/mol. The molecule has 0 saturated carbocycles. The number of sulfonamides is 1. The molecule has 1 aromatic carbocycles. The second kappa shape index (κ2) is 4.86. The lowest BCUT2D eigenvalue weighted by atomic mass is 10.1. The number of anilines is 1. The van der Waals surface area contributed by atoms with E-state index < -0.39 is 10.0 Å². The first-order valence-electron chi connectivity index (χ1n) is 6.20. The Morgan fingerprint density at radius 3 is 2.58 bits per heavy atom. The highest BCUT2D eigenvalue weighted by Gasteiger charge is 2.22. The first kappa shape index (κ1) is 13.9. The summed E-state index contributed by atoms with van der Waals surface area (Å²) >= 11 is 0. The maximum Gasteiger partial charge on any atom is 0.242 e. The highest BCUT2D eigenvalue weighted by atomic mass is 32.2. The Morgan fingerprint density at radius 1 is 1.26 bits per heavy atom. The molecule has 19 heavy (non-hydrogen) atoms. The van der Waals surface area contributed by atoms with Crippen molar-refractivity contribution in [1.29, 1.82) is 0 Å². The number of nitrogens with one attached hydrogen (secondary N) is 2. The maximum atomic E-state index is 12.3. The van der Waals surface area contributed by atoms with E-state index >= 15 is 0 Å². The van der Waals surface area contributed by atoms with E-state index in [1.165, 1.54) is 6.20 Å². The van der Waals surface area contributed by atoms with Gasteiger partial charge in [-0.2, -0.15) is 0 Å². The topological polar surface area (TPSA) is 88.0 Å². The Morgan fingerprint density at radius 2 is 1.95 bits per heavy atom. The van der Waals surface area contributed by atoms with Crippen molar-refractivity contribution in [3.63, 3.8) is 0 Å². The first-order valence-corrected chi connectivity index (χ1v) is 7.68. The summed E-state index contributed by atoms with van der Waals surface area (Å²) in [6.45, 7) is 5.81. The summed E-state index contributed by atoms with van der Waals surface area (Å²) in [5, 5.41) is 0.651. The van der Waals surface area contributed by atoms with E-state index in [1.807, 2.05) is 20.8 Å². The largest absolute Gasteiger partial charge is 0.399 e. The quantitative estimate of drug-likeness (QED) is 0.750. The number of nitrogen functional groups attached to an aromatic ring is 1. The van der Waals surface area contributed by atoms with E-state index in [9.17, 15) is 8.42 Å². The third-order valence-electron chi connectivity index (χ3n) is 3.30. The molecule has 0 fully saturated rings. The van der Waals surface area contributed by atoms with Crippen LogP contribution in [-0.4, -0.2) is 19.4 Å². The number of rotatable bonds is 4. The predicted octanol–water partition coefficient (Wildman–Crippen LogP) is 2.07. The fourth-order valence-corrected chi connectivity index (χ4v) is 3.35. The summed E-state index contributed by atoms with van der Waals surface area (Å²) in [7, 11) is -3.52. The third-order valence-corrected chi connectivity index (χ3v) is 4.90. The van der Waals surface area contributed by atoms with Gasteiger partial charge in [-0.25, -0.2) is 13.1 Å².